The van der Waals surface area contributed by atoms with Crippen LogP contribution in [0.25, 0.3) is 6.08 Å². The lowest BCUT2D eigenvalue weighted by Crippen LogP contribution is -2.39. The highest BCUT2D eigenvalue weighted by atomic mass is 35.5. The van der Waals surface area contributed by atoms with Crippen molar-refractivity contribution in [3.05, 3.63) is 108 Å². The Balaban J connectivity index is 1.84. The van der Waals surface area contributed by atoms with Crippen LogP contribution in [0.5, 0.6) is 5.75 Å². The van der Waals surface area contributed by atoms with Crippen molar-refractivity contribution in [1.82, 2.24) is 4.57 Å². The van der Waals surface area contributed by atoms with Gasteiger partial charge in [-0.15, -0.1) is 0 Å². The van der Waals surface area contributed by atoms with E-state index in [9.17, 15) is 9.59 Å². The van der Waals surface area contributed by atoms with Gasteiger partial charge in [0.05, 0.1) is 28.5 Å². The minimum atomic E-state index is -0.663. The molecular formula is C26H23ClN2O4S. The molecule has 6 nitrogen and oxygen atoms in total. The topological polar surface area (TPSA) is 69.9 Å². The molecule has 3 aromatic rings. The van der Waals surface area contributed by atoms with E-state index in [1.807, 2.05) is 42.5 Å². The highest BCUT2D eigenvalue weighted by Crippen LogP contribution is 2.31. The molecule has 0 amide bonds. The van der Waals surface area contributed by atoms with Crippen molar-refractivity contribution in [2.75, 3.05) is 13.2 Å². The Morgan fingerprint density at radius 2 is 1.91 bits per heavy atom. The zero-order valence-corrected chi connectivity index (χ0v) is 20.4. The summed E-state index contributed by atoms with van der Waals surface area (Å²) in [7, 11) is 0. The number of benzene rings is 2. The molecule has 0 saturated heterocycles. The number of aromatic nitrogens is 1. The van der Waals surface area contributed by atoms with Gasteiger partial charge in [-0.1, -0.05) is 59.9 Å². The van der Waals surface area contributed by atoms with Crippen LogP contribution in [0.2, 0.25) is 5.02 Å². The van der Waals surface area contributed by atoms with Gasteiger partial charge in [-0.2, -0.15) is 0 Å². The molecule has 2 heterocycles. The third-order valence-corrected chi connectivity index (χ3v) is 6.48. The molecule has 8 heteroatoms. The van der Waals surface area contributed by atoms with E-state index in [1.165, 1.54) is 11.3 Å². The van der Waals surface area contributed by atoms with Gasteiger partial charge in [0.1, 0.15) is 12.4 Å². The molecule has 34 heavy (non-hydrogen) atoms. The lowest BCUT2D eigenvalue weighted by molar-refractivity contribution is -0.139. The number of rotatable bonds is 7. The van der Waals surface area contributed by atoms with Gasteiger partial charge in [0.2, 0.25) is 0 Å². The largest absolute Gasteiger partial charge is 0.490 e. The summed E-state index contributed by atoms with van der Waals surface area (Å²) in [5.74, 6) is 0.226. The molecule has 0 radical (unpaired) electrons. The lowest BCUT2D eigenvalue weighted by Gasteiger charge is -2.24. The predicted molar refractivity (Wildman–Crippen MR) is 134 cm³/mol. The zero-order chi connectivity index (χ0) is 24.2. The van der Waals surface area contributed by atoms with Crippen LogP contribution in [0.1, 0.15) is 31.0 Å². The fourth-order valence-electron chi connectivity index (χ4n) is 3.72. The number of carbonyl (C=O) groups is 1. The summed E-state index contributed by atoms with van der Waals surface area (Å²) in [5, 5.41) is 0.565. The summed E-state index contributed by atoms with van der Waals surface area (Å²) in [6.07, 6.45) is 3.49. The van der Waals surface area contributed by atoms with Crippen LogP contribution in [-0.2, 0) is 9.53 Å². The Kier molecular flexibility index (Phi) is 7.14. The van der Waals surface area contributed by atoms with Crippen LogP contribution in [-0.4, -0.2) is 23.8 Å². The zero-order valence-electron chi connectivity index (χ0n) is 18.8. The average molecular weight is 495 g/mol. The monoisotopic (exact) mass is 494 g/mol. The quantitative estimate of drug-likeness (QED) is 0.367. The van der Waals surface area contributed by atoms with Crippen LogP contribution in [0.4, 0.5) is 0 Å². The molecule has 0 N–H and O–H groups in total. The van der Waals surface area contributed by atoms with Crippen molar-refractivity contribution < 1.29 is 14.3 Å². The van der Waals surface area contributed by atoms with Gasteiger partial charge in [0, 0.05) is 5.02 Å². The summed E-state index contributed by atoms with van der Waals surface area (Å²) in [6.45, 7) is 7.79. The van der Waals surface area contributed by atoms with Crippen LogP contribution < -0.4 is 19.6 Å². The number of ether oxygens (including phenoxy) is 2. The molecule has 1 aromatic heterocycles. The Morgan fingerprint density at radius 3 is 2.56 bits per heavy atom. The minimum absolute atomic E-state index is 0.222. The smallest absolute Gasteiger partial charge is 0.338 e. The first kappa shape index (κ1) is 23.7. The maximum absolute atomic E-state index is 13.6. The van der Waals surface area contributed by atoms with Crippen molar-refractivity contribution in [2.24, 2.45) is 4.99 Å². The molecule has 2 aromatic carbocycles. The van der Waals surface area contributed by atoms with E-state index >= 15 is 0 Å². The Bertz CT molecular complexity index is 1430. The van der Waals surface area contributed by atoms with E-state index < -0.39 is 12.0 Å². The molecule has 1 aliphatic heterocycles. The van der Waals surface area contributed by atoms with E-state index in [0.717, 1.165) is 16.9 Å². The summed E-state index contributed by atoms with van der Waals surface area (Å²) in [6, 6.07) is 13.9. The van der Waals surface area contributed by atoms with Gasteiger partial charge in [-0.05, 0) is 55.3 Å². The number of halogens is 1. The average Bonchev–Trinajstić information content (AvgIpc) is 3.12. The first-order valence-electron chi connectivity index (χ1n) is 10.7. The van der Waals surface area contributed by atoms with E-state index in [1.54, 1.807) is 36.6 Å². The molecule has 0 fully saturated rings. The van der Waals surface area contributed by atoms with E-state index in [0.29, 0.717) is 32.2 Å². The highest BCUT2D eigenvalue weighted by molar-refractivity contribution is 7.07. The SMILES string of the molecule is C=CCOc1ccc(/C=c2\sc3n(c2=O)[C@@H](c2ccc(Cl)cc2)C(C(=O)OCC)=C(C)N=3)cc1. The van der Waals surface area contributed by atoms with Gasteiger partial charge in [-0.3, -0.25) is 9.36 Å². The molecule has 0 unspecified atom stereocenters. The van der Waals surface area contributed by atoms with Crippen LogP contribution in [0.3, 0.4) is 0 Å². The van der Waals surface area contributed by atoms with Crippen LogP contribution >= 0.6 is 22.9 Å². The van der Waals surface area contributed by atoms with Gasteiger partial charge in [-0.25, -0.2) is 9.79 Å². The third kappa shape index (κ3) is 4.76. The number of hydrogen-bond acceptors (Lipinski definition) is 6. The predicted octanol–water partition coefficient (Wildman–Crippen LogP) is 4.02. The second-order valence-electron chi connectivity index (χ2n) is 7.52. The standard InChI is InChI=1S/C26H23ClN2O4S/c1-4-14-33-20-12-6-17(7-13-20)15-21-24(30)29-23(18-8-10-19(27)11-9-18)22(25(31)32-5-2)16(3)28-26(29)34-21/h4,6-13,15,23H,1,5,14H2,2-3H3/b21-15-/t23-/m0/s1. The van der Waals surface area contributed by atoms with E-state index in [-0.39, 0.29) is 12.2 Å². The van der Waals surface area contributed by atoms with Gasteiger partial charge in [0.25, 0.3) is 5.56 Å². The Hall–Kier alpha value is -3.42. The Morgan fingerprint density at radius 1 is 1.21 bits per heavy atom. The summed E-state index contributed by atoms with van der Waals surface area (Å²) >= 11 is 7.36. The van der Waals surface area contributed by atoms with Crippen molar-refractivity contribution in [3.8, 4) is 5.75 Å². The first-order chi connectivity index (χ1) is 16.4. The number of carbonyl (C=O) groups excluding carboxylic acids is 1. The van der Waals surface area contributed by atoms with Gasteiger partial charge in [0.15, 0.2) is 4.80 Å². The normalized spacial score (nSPS) is 15.5. The molecule has 1 atom stereocenters. The molecule has 4 rings (SSSR count). The number of nitrogens with zero attached hydrogens (tertiary/aromatic N) is 2. The molecule has 0 spiro atoms. The van der Waals surface area contributed by atoms with Gasteiger partial charge >= 0.3 is 5.97 Å². The number of esters is 1. The Labute approximate surface area is 205 Å². The van der Waals surface area contributed by atoms with Crippen LogP contribution in [0, 0.1) is 0 Å². The third-order valence-electron chi connectivity index (χ3n) is 5.25. The fraction of sp³-hybridized carbons (Fsp3) is 0.192. The molecule has 0 saturated carbocycles. The van der Waals surface area contributed by atoms with Crippen molar-refractivity contribution in [3.63, 3.8) is 0 Å². The first-order valence-corrected chi connectivity index (χ1v) is 11.9. The summed E-state index contributed by atoms with van der Waals surface area (Å²) in [5.41, 5.74) is 2.23. The van der Waals surface area contributed by atoms with Crippen molar-refractivity contribution in [2.45, 2.75) is 19.9 Å². The van der Waals surface area contributed by atoms with Crippen LogP contribution in [0.15, 0.2) is 82.2 Å². The minimum Gasteiger partial charge on any atom is -0.490 e. The molecule has 1 aliphatic rings. The lowest BCUT2D eigenvalue weighted by atomic mass is 9.96. The maximum atomic E-state index is 13.6. The molecule has 174 valence electrons. The van der Waals surface area contributed by atoms with E-state index in [4.69, 9.17) is 21.1 Å². The fourth-order valence-corrected chi connectivity index (χ4v) is 4.89. The molecule has 0 bridgehead atoms. The second kappa shape index (κ2) is 10.2. The summed E-state index contributed by atoms with van der Waals surface area (Å²) in [4.78, 5) is 31.5. The number of hydrogen-bond donors (Lipinski definition) is 0. The van der Waals surface area contributed by atoms with Gasteiger partial charge < -0.3 is 9.47 Å². The molecular weight excluding hydrogens is 472 g/mol. The number of allylic oxidation sites excluding steroid dienone is 1. The number of fused-ring (bicyclic) bond motifs is 1. The number of thiazole rings is 1. The summed E-state index contributed by atoms with van der Waals surface area (Å²) < 4.78 is 12.9. The van der Waals surface area contributed by atoms with E-state index in [2.05, 4.69) is 11.6 Å². The second-order valence-corrected chi connectivity index (χ2v) is 8.97. The van der Waals surface area contributed by atoms with Crippen molar-refractivity contribution >= 4 is 35.0 Å². The van der Waals surface area contributed by atoms with Crippen molar-refractivity contribution in [1.29, 1.82) is 0 Å². The molecule has 0 aliphatic carbocycles. The highest BCUT2D eigenvalue weighted by Gasteiger charge is 2.33. The maximum Gasteiger partial charge on any atom is 0.338 e.